The third kappa shape index (κ3) is 9.17. The number of carbonyl (C=O) groups is 2. The second-order valence-corrected chi connectivity index (χ2v) is 13.9. The SMILES string of the molecule is Cc1cc(N(CC(=O)N(Cc2ccc(Br)cc2)[C@@H](Cc2ccccc2)C(=O)NCC(C)C)S(C)(=O)=O)ccc1Br. The topological polar surface area (TPSA) is 86.8 Å². The number of sulfonamides is 1. The van der Waals surface area contributed by atoms with Crippen molar-refractivity contribution in [3.05, 3.63) is 98.4 Å². The highest BCUT2D eigenvalue weighted by Crippen LogP contribution is 2.25. The van der Waals surface area contributed by atoms with Crippen molar-refractivity contribution in [3.63, 3.8) is 0 Å². The van der Waals surface area contributed by atoms with E-state index in [1.807, 2.05) is 75.4 Å². The molecule has 214 valence electrons. The van der Waals surface area contributed by atoms with Crippen LogP contribution in [0.5, 0.6) is 0 Å². The maximum atomic E-state index is 14.1. The quantitative estimate of drug-likeness (QED) is 0.264. The molecule has 0 spiro atoms. The van der Waals surface area contributed by atoms with Gasteiger partial charge in [0.2, 0.25) is 21.8 Å². The van der Waals surface area contributed by atoms with E-state index in [1.54, 1.807) is 18.2 Å². The molecule has 3 aromatic rings. The van der Waals surface area contributed by atoms with Gasteiger partial charge in [-0.1, -0.05) is 88.2 Å². The number of halogens is 2. The Bertz CT molecular complexity index is 1410. The van der Waals surface area contributed by atoms with Crippen LogP contribution in [-0.4, -0.2) is 50.5 Å². The number of nitrogens with zero attached hydrogens (tertiary/aromatic N) is 2. The molecule has 0 aromatic heterocycles. The average Bonchev–Trinajstić information content (AvgIpc) is 2.90. The number of hydrogen-bond acceptors (Lipinski definition) is 4. The van der Waals surface area contributed by atoms with Crippen molar-refractivity contribution in [1.29, 1.82) is 0 Å². The van der Waals surface area contributed by atoms with Crippen molar-refractivity contribution in [2.45, 2.75) is 39.8 Å². The molecule has 0 bridgehead atoms. The highest BCUT2D eigenvalue weighted by atomic mass is 79.9. The highest BCUT2D eigenvalue weighted by Gasteiger charge is 2.33. The van der Waals surface area contributed by atoms with Crippen LogP contribution in [0.15, 0.2) is 81.7 Å². The first-order valence-electron chi connectivity index (χ1n) is 12.9. The summed E-state index contributed by atoms with van der Waals surface area (Å²) in [5, 5.41) is 2.98. The van der Waals surface area contributed by atoms with Gasteiger partial charge in [0.1, 0.15) is 12.6 Å². The molecule has 0 heterocycles. The standard InChI is InChI=1S/C30H35Br2N3O4S/c1-21(2)18-33-30(37)28(17-23-8-6-5-7-9-23)34(19-24-10-12-25(31)13-11-24)29(36)20-35(40(4,38)39)26-14-15-27(32)22(3)16-26/h5-16,21,28H,17-20H2,1-4H3,(H,33,37)/t28-/m0/s1. The van der Waals surface area contributed by atoms with Gasteiger partial charge >= 0.3 is 0 Å². The van der Waals surface area contributed by atoms with Gasteiger partial charge in [-0.2, -0.15) is 0 Å². The Labute approximate surface area is 254 Å². The van der Waals surface area contributed by atoms with Crippen LogP contribution in [0.2, 0.25) is 0 Å². The number of benzene rings is 3. The maximum absolute atomic E-state index is 14.1. The second-order valence-electron chi connectivity index (χ2n) is 10.2. The first kappa shape index (κ1) is 31.8. The molecule has 0 saturated carbocycles. The molecular formula is C30H35Br2N3O4S. The lowest BCUT2D eigenvalue weighted by Gasteiger charge is -2.33. The van der Waals surface area contributed by atoms with Crippen LogP contribution in [0.1, 0.15) is 30.5 Å². The van der Waals surface area contributed by atoms with Crippen molar-refractivity contribution in [2.75, 3.05) is 23.7 Å². The summed E-state index contributed by atoms with van der Waals surface area (Å²) >= 11 is 6.89. The van der Waals surface area contributed by atoms with Crippen molar-refractivity contribution < 1.29 is 18.0 Å². The van der Waals surface area contributed by atoms with Gasteiger partial charge in [0.05, 0.1) is 11.9 Å². The maximum Gasteiger partial charge on any atom is 0.244 e. The summed E-state index contributed by atoms with van der Waals surface area (Å²) in [6, 6.07) is 21.3. The smallest absolute Gasteiger partial charge is 0.244 e. The number of anilines is 1. The molecule has 0 radical (unpaired) electrons. The van der Waals surface area contributed by atoms with Gasteiger partial charge in [-0.25, -0.2) is 8.42 Å². The van der Waals surface area contributed by atoms with Crippen molar-refractivity contribution in [3.8, 4) is 0 Å². The molecule has 0 fully saturated rings. The zero-order valence-corrected chi connectivity index (χ0v) is 27.1. The third-order valence-corrected chi connectivity index (χ3v) is 8.89. The summed E-state index contributed by atoms with van der Waals surface area (Å²) in [6.45, 7) is 6.00. The molecule has 0 aliphatic carbocycles. The monoisotopic (exact) mass is 691 g/mol. The second kappa shape index (κ2) is 14.3. The number of aryl methyl sites for hydroxylation is 1. The molecule has 0 unspecified atom stereocenters. The zero-order valence-electron chi connectivity index (χ0n) is 23.1. The molecule has 0 saturated heterocycles. The number of amides is 2. The minimum Gasteiger partial charge on any atom is -0.354 e. The largest absolute Gasteiger partial charge is 0.354 e. The van der Waals surface area contributed by atoms with E-state index in [2.05, 4.69) is 37.2 Å². The molecule has 1 atom stereocenters. The fraction of sp³-hybridized carbons (Fsp3) is 0.333. The molecule has 3 aromatic carbocycles. The zero-order chi connectivity index (χ0) is 29.4. The Morgan fingerprint density at radius 1 is 0.925 bits per heavy atom. The van der Waals surface area contributed by atoms with E-state index in [9.17, 15) is 18.0 Å². The lowest BCUT2D eigenvalue weighted by atomic mass is 10.0. The summed E-state index contributed by atoms with van der Waals surface area (Å²) in [7, 11) is -3.82. The van der Waals surface area contributed by atoms with E-state index in [4.69, 9.17) is 0 Å². The van der Waals surface area contributed by atoms with Gasteiger partial charge in [-0.3, -0.25) is 13.9 Å². The molecule has 10 heteroatoms. The summed E-state index contributed by atoms with van der Waals surface area (Å²) in [5.74, 6) is -0.540. The van der Waals surface area contributed by atoms with Gasteiger partial charge in [-0.05, 0) is 59.9 Å². The van der Waals surface area contributed by atoms with Crippen LogP contribution < -0.4 is 9.62 Å². The molecule has 0 aliphatic heterocycles. The average molecular weight is 694 g/mol. The third-order valence-electron chi connectivity index (χ3n) is 6.33. The Morgan fingerprint density at radius 2 is 1.57 bits per heavy atom. The minimum absolute atomic E-state index is 0.135. The molecule has 3 rings (SSSR count). The fourth-order valence-electron chi connectivity index (χ4n) is 4.16. The van der Waals surface area contributed by atoms with Crippen LogP contribution in [0.25, 0.3) is 0 Å². The predicted molar refractivity (Wildman–Crippen MR) is 168 cm³/mol. The van der Waals surface area contributed by atoms with E-state index in [1.165, 1.54) is 4.90 Å². The van der Waals surface area contributed by atoms with Gasteiger partial charge in [0, 0.05) is 28.5 Å². The van der Waals surface area contributed by atoms with E-state index in [0.717, 1.165) is 36.2 Å². The van der Waals surface area contributed by atoms with E-state index >= 15 is 0 Å². The van der Waals surface area contributed by atoms with E-state index < -0.39 is 28.5 Å². The Morgan fingerprint density at radius 3 is 2.15 bits per heavy atom. The molecule has 40 heavy (non-hydrogen) atoms. The highest BCUT2D eigenvalue weighted by molar-refractivity contribution is 9.10. The van der Waals surface area contributed by atoms with Gasteiger partial charge in [0.25, 0.3) is 0 Å². The van der Waals surface area contributed by atoms with Crippen LogP contribution in [0.3, 0.4) is 0 Å². The van der Waals surface area contributed by atoms with Gasteiger partial charge in [-0.15, -0.1) is 0 Å². The van der Waals surface area contributed by atoms with Crippen LogP contribution in [0.4, 0.5) is 5.69 Å². The summed E-state index contributed by atoms with van der Waals surface area (Å²) in [5.41, 5.74) is 2.92. The Kier molecular flexibility index (Phi) is 11.4. The lowest BCUT2D eigenvalue weighted by molar-refractivity contribution is -0.140. The molecule has 0 aliphatic rings. The summed E-state index contributed by atoms with van der Waals surface area (Å²) < 4.78 is 28.6. The van der Waals surface area contributed by atoms with Crippen molar-refractivity contribution in [2.24, 2.45) is 5.92 Å². The summed E-state index contributed by atoms with van der Waals surface area (Å²) in [4.78, 5) is 29.2. The summed E-state index contributed by atoms with van der Waals surface area (Å²) in [6.07, 6.45) is 1.36. The van der Waals surface area contributed by atoms with Crippen LogP contribution in [-0.2, 0) is 32.6 Å². The molecule has 1 N–H and O–H groups in total. The van der Waals surface area contributed by atoms with Crippen LogP contribution >= 0.6 is 31.9 Å². The number of nitrogens with one attached hydrogen (secondary N) is 1. The van der Waals surface area contributed by atoms with Gasteiger partial charge < -0.3 is 10.2 Å². The Balaban J connectivity index is 2.05. The fourth-order valence-corrected chi connectivity index (χ4v) is 5.51. The van der Waals surface area contributed by atoms with Crippen LogP contribution in [0, 0.1) is 12.8 Å². The first-order valence-corrected chi connectivity index (χ1v) is 16.4. The Hall–Kier alpha value is -2.69. The molecule has 2 amide bonds. The number of hydrogen-bond donors (Lipinski definition) is 1. The lowest BCUT2D eigenvalue weighted by Crippen LogP contribution is -2.53. The first-order chi connectivity index (χ1) is 18.8. The van der Waals surface area contributed by atoms with E-state index in [-0.39, 0.29) is 24.8 Å². The molecule has 7 nitrogen and oxygen atoms in total. The van der Waals surface area contributed by atoms with E-state index in [0.29, 0.717) is 12.2 Å². The number of carbonyl (C=O) groups excluding carboxylic acids is 2. The van der Waals surface area contributed by atoms with Crippen molar-refractivity contribution in [1.82, 2.24) is 10.2 Å². The predicted octanol–water partition coefficient (Wildman–Crippen LogP) is 5.70. The minimum atomic E-state index is -3.82. The molecular weight excluding hydrogens is 658 g/mol. The number of rotatable bonds is 12. The van der Waals surface area contributed by atoms with Gasteiger partial charge in [0.15, 0.2) is 0 Å². The normalized spacial score (nSPS) is 12.2. The van der Waals surface area contributed by atoms with Crippen molar-refractivity contribution >= 4 is 59.4 Å².